The minimum atomic E-state index is -0.240. The maximum Gasteiger partial charge on any atom is 0.318 e. The lowest BCUT2D eigenvalue weighted by molar-refractivity contribution is -0.117. The predicted molar refractivity (Wildman–Crippen MR) is 125 cm³/mol. The highest BCUT2D eigenvalue weighted by Gasteiger charge is 2.35. The lowest BCUT2D eigenvalue weighted by Crippen LogP contribution is -2.48. The molecule has 3 amide bonds. The van der Waals surface area contributed by atoms with E-state index in [9.17, 15) is 9.59 Å². The Labute approximate surface area is 194 Å². The summed E-state index contributed by atoms with van der Waals surface area (Å²) < 4.78 is 16.3. The number of anilines is 1. The second-order valence-corrected chi connectivity index (χ2v) is 8.31. The fourth-order valence-corrected chi connectivity index (χ4v) is 4.62. The zero-order chi connectivity index (χ0) is 23.5. The van der Waals surface area contributed by atoms with Crippen molar-refractivity contribution in [1.29, 1.82) is 0 Å². The van der Waals surface area contributed by atoms with Gasteiger partial charge < -0.3 is 29.3 Å². The largest absolute Gasteiger partial charge is 0.494 e. The van der Waals surface area contributed by atoms with Crippen LogP contribution < -0.4 is 24.4 Å². The maximum atomic E-state index is 13.1. The van der Waals surface area contributed by atoms with E-state index >= 15 is 0 Å². The standard InChI is InChI=1S/C25H31N3O5/c1-5-33-20-8-6-19(7-9-20)28-15-18(13-24(28)29)26-25(30)27-11-10-17-12-22(31-3)23(32-4)14-21(17)16(27)2/h6-9,12,14,16,18H,5,10-11,13,15H2,1-4H3,(H,26,30). The highest BCUT2D eigenvalue weighted by Crippen LogP contribution is 2.38. The van der Waals surface area contributed by atoms with Gasteiger partial charge in [-0.05, 0) is 67.8 Å². The molecule has 0 bridgehead atoms. The van der Waals surface area contributed by atoms with E-state index in [0.717, 1.165) is 29.0 Å². The summed E-state index contributed by atoms with van der Waals surface area (Å²) in [6.45, 7) is 5.58. The molecule has 2 heterocycles. The van der Waals surface area contributed by atoms with E-state index in [0.29, 0.717) is 31.2 Å². The molecule has 2 aromatic carbocycles. The molecular weight excluding hydrogens is 422 g/mol. The van der Waals surface area contributed by atoms with Crippen molar-refractivity contribution in [2.24, 2.45) is 0 Å². The molecule has 2 aromatic rings. The highest BCUT2D eigenvalue weighted by atomic mass is 16.5. The van der Waals surface area contributed by atoms with Crippen molar-refractivity contribution in [3.63, 3.8) is 0 Å². The number of methoxy groups -OCH3 is 2. The molecule has 8 heteroatoms. The summed E-state index contributed by atoms with van der Waals surface area (Å²) in [7, 11) is 3.23. The molecule has 4 rings (SSSR count). The van der Waals surface area contributed by atoms with Crippen LogP contribution in [0.15, 0.2) is 36.4 Å². The Morgan fingerprint density at radius 3 is 2.48 bits per heavy atom. The minimum Gasteiger partial charge on any atom is -0.494 e. The van der Waals surface area contributed by atoms with Crippen molar-refractivity contribution in [2.45, 2.75) is 38.8 Å². The Bertz CT molecular complexity index is 1020. The topological polar surface area (TPSA) is 80.3 Å². The van der Waals surface area contributed by atoms with Crippen LogP contribution in [0, 0.1) is 0 Å². The first-order chi connectivity index (χ1) is 15.9. The lowest BCUT2D eigenvalue weighted by atomic mass is 9.93. The molecule has 2 aliphatic rings. The molecule has 2 aliphatic heterocycles. The molecule has 0 saturated carbocycles. The van der Waals surface area contributed by atoms with Gasteiger partial charge in [0.05, 0.1) is 32.9 Å². The molecule has 0 spiro atoms. The first-order valence-corrected chi connectivity index (χ1v) is 11.3. The van der Waals surface area contributed by atoms with Crippen molar-refractivity contribution in [2.75, 3.05) is 38.8 Å². The van der Waals surface area contributed by atoms with Gasteiger partial charge in [0.15, 0.2) is 11.5 Å². The number of urea groups is 1. The Balaban J connectivity index is 1.42. The van der Waals surface area contributed by atoms with E-state index in [-0.39, 0.29) is 30.4 Å². The normalized spacial score (nSPS) is 19.8. The van der Waals surface area contributed by atoms with Crippen molar-refractivity contribution in [3.8, 4) is 17.2 Å². The van der Waals surface area contributed by atoms with Crippen LogP contribution in [-0.4, -0.2) is 56.8 Å². The van der Waals surface area contributed by atoms with Gasteiger partial charge in [-0.2, -0.15) is 0 Å². The lowest BCUT2D eigenvalue weighted by Gasteiger charge is -2.36. The van der Waals surface area contributed by atoms with Gasteiger partial charge in [-0.25, -0.2) is 4.79 Å². The van der Waals surface area contributed by atoms with Crippen molar-refractivity contribution >= 4 is 17.6 Å². The number of benzene rings is 2. The summed E-state index contributed by atoms with van der Waals surface area (Å²) in [5, 5.41) is 3.07. The van der Waals surface area contributed by atoms with Gasteiger partial charge in [0, 0.05) is 25.2 Å². The number of ether oxygens (including phenoxy) is 3. The van der Waals surface area contributed by atoms with Crippen LogP contribution in [0.5, 0.6) is 17.2 Å². The van der Waals surface area contributed by atoms with E-state index < -0.39 is 0 Å². The van der Waals surface area contributed by atoms with Crippen LogP contribution in [0.2, 0.25) is 0 Å². The number of hydrogen-bond acceptors (Lipinski definition) is 5. The molecule has 176 valence electrons. The number of nitrogens with zero attached hydrogens (tertiary/aromatic N) is 2. The van der Waals surface area contributed by atoms with Crippen LogP contribution in [0.25, 0.3) is 0 Å². The molecule has 1 fully saturated rings. The zero-order valence-corrected chi connectivity index (χ0v) is 19.6. The van der Waals surface area contributed by atoms with E-state index in [2.05, 4.69) is 5.32 Å². The highest BCUT2D eigenvalue weighted by molar-refractivity contribution is 5.96. The van der Waals surface area contributed by atoms with Gasteiger partial charge in [-0.3, -0.25) is 4.79 Å². The van der Waals surface area contributed by atoms with Gasteiger partial charge >= 0.3 is 6.03 Å². The minimum absolute atomic E-state index is 0.00155. The SMILES string of the molecule is CCOc1ccc(N2CC(NC(=O)N3CCc4cc(OC)c(OC)cc4C3C)CC2=O)cc1. The molecule has 1 N–H and O–H groups in total. The summed E-state index contributed by atoms with van der Waals surface area (Å²) in [6.07, 6.45) is 1.01. The first-order valence-electron chi connectivity index (χ1n) is 11.3. The molecule has 2 unspecified atom stereocenters. The van der Waals surface area contributed by atoms with E-state index in [1.54, 1.807) is 19.1 Å². The fraction of sp³-hybridized carbons (Fsp3) is 0.440. The number of hydrogen-bond donors (Lipinski definition) is 1. The van der Waals surface area contributed by atoms with E-state index in [1.807, 2.05) is 55.1 Å². The molecule has 33 heavy (non-hydrogen) atoms. The van der Waals surface area contributed by atoms with Crippen LogP contribution in [-0.2, 0) is 11.2 Å². The van der Waals surface area contributed by atoms with Crippen molar-refractivity contribution in [1.82, 2.24) is 10.2 Å². The van der Waals surface area contributed by atoms with E-state index in [1.165, 1.54) is 0 Å². The van der Waals surface area contributed by atoms with Crippen LogP contribution in [0.3, 0.4) is 0 Å². The van der Waals surface area contributed by atoms with Crippen LogP contribution >= 0.6 is 0 Å². The maximum absolute atomic E-state index is 13.1. The molecule has 0 aromatic heterocycles. The Morgan fingerprint density at radius 1 is 1.12 bits per heavy atom. The molecule has 1 saturated heterocycles. The monoisotopic (exact) mass is 453 g/mol. The number of nitrogens with one attached hydrogen (secondary N) is 1. The Morgan fingerprint density at radius 2 is 1.82 bits per heavy atom. The number of amides is 3. The summed E-state index contributed by atoms with van der Waals surface area (Å²) in [5.41, 5.74) is 3.01. The molecule has 0 aliphatic carbocycles. The third-order valence-corrected chi connectivity index (χ3v) is 6.36. The Hall–Kier alpha value is -3.42. The average molecular weight is 454 g/mol. The Kier molecular flexibility index (Phi) is 6.62. The predicted octanol–water partition coefficient (Wildman–Crippen LogP) is 3.54. The fourth-order valence-electron chi connectivity index (χ4n) is 4.62. The third kappa shape index (κ3) is 4.55. The molecule has 2 atom stereocenters. The van der Waals surface area contributed by atoms with Gasteiger partial charge in [-0.15, -0.1) is 0 Å². The van der Waals surface area contributed by atoms with Gasteiger partial charge in [-0.1, -0.05) is 0 Å². The summed E-state index contributed by atoms with van der Waals surface area (Å²) in [6, 6.07) is 10.9. The van der Waals surface area contributed by atoms with Gasteiger partial charge in [0.2, 0.25) is 5.91 Å². The van der Waals surface area contributed by atoms with Gasteiger partial charge in [0.1, 0.15) is 5.75 Å². The molecule has 0 radical (unpaired) electrons. The quantitative estimate of drug-likeness (QED) is 0.724. The van der Waals surface area contributed by atoms with Gasteiger partial charge in [0.25, 0.3) is 0 Å². The number of carbonyl (C=O) groups is 2. The second kappa shape index (κ2) is 9.60. The number of carbonyl (C=O) groups excluding carboxylic acids is 2. The van der Waals surface area contributed by atoms with E-state index in [4.69, 9.17) is 14.2 Å². The second-order valence-electron chi connectivity index (χ2n) is 8.31. The molecule has 8 nitrogen and oxygen atoms in total. The van der Waals surface area contributed by atoms with Crippen molar-refractivity contribution < 1.29 is 23.8 Å². The smallest absolute Gasteiger partial charge is 0.318 e. The summed E-state index contributed by atoms with van der Waals surface area (Å²) in [4.78, 5) is 29.3. The summed E-state index contributed by atoms with van der Waals surface area (Å²) in [5.74, 6) is 2.11. The summed E-state index contributed by atoms with van der Waals surface area (Å²) >= 11 is 0. The van der Waals surface area contributed by atoms with Crippen LogP contribution in [0.1, 0.15) is 37.4 Å². The van der Waals surface area contributed by atoms with Crippen LogP contribution in [0.4, 0.5) is 10.5 Å². The zero-order valence-electron chi connectivity index (χ0n) is 19.6. The average Bonchev–Trinajstić information content (AvgIpc) is 3.18. The van der Waals surface area contributed by atoms with Crippen molar-refractivity contribution in [3.05, 3.63) is 47.5 Å². The first kappa shape index (κ1) is 22.8. The third-order valence-electron chi connectivity index (χ3n) is 6.36. The number of fused-ring (bicyclic) bond motifs is 1. The molecular formula is C25H31N3O5. The number of rotatable bonds is 6.